The van der Waals surface area contributed by atoms with Crippen LogP contribution in [-0.2, 0) is 0 Å². The van der Waals surface area contributed by atoms with Crippen molar-refractivity contribution in [1.82, 2.24) is 0 Å². The van der Waals surface area contributed by atoms with Crippen molar-refractivity contribution in [3.05, 3.63) is 35.4 Å². The molecule has 98 valence electrons. The molecule has 2 aliphatic carbocycles. The Balaban J connectivity index is 1.90. The number of aliphatic hydroxyl groups is 2. The summed E-state index contributed by atoms with van der Waals surface area (Å²) < 4.78 is 0. The normalized spacial score (nSPS) is 24.8. The zero-order chi connectivity index (χ0) is 12.6. The fourth-order valence-electron chi connectivity index (χ4n) is 3.40. The van der Waals surface area contributed by atoms with Gasteiger partial charge in [-0.15, -0.1) is 0 Å². The van der Waals surface area contributed by atoms with E-state index >= 15 is 0 Å². The van der Waals surface area contributed by atoms with Crippen molar-refractivity contribution in [3.8, 4) is 0 Å². The third kappa shape index (κ3) is 1.98. The van der Waals surface area contributed by atoms with Crippen LogP contribution in [0, 0.1) is 0 Å². The molecule has 0 saturated heterocycles. The van der Waals surface area contributed by atoms with Crippen molar-refractivity contribution in [2.75, 3.05) is 0 Å². The third-order valence-electron chi connectivity index (χ3n) is 4.81. The minimum absolute atomic E-state index is 0.598. The second-order valence-corrected chi connectivity index (χ2v) is 5.97. The SMILES string of the molecule is OC(c1ccccc1C1CCC1)C1(O)CCCC1. The van der Waals surface area contributed by atoms with Crippen molar-refractivity contribution >= 4 is 0 Å². The maximum atomic E-state index is 10.6. The zero-order valence-corrected chi connectivity index (χ0v) is 10.8. The molecule has 2 saturated carbocycles. The van der Waals surface area contributed by atoms with Gasteiger partial charge in [-0.1, -0.05) is 43.5 Å². The Kier molecular flexibility index (Phi) is 3.16. The Morgan fingerprint density at radius 3 is 2.33 bits per heavy atom. The number of hydrogen-bond donors (Lipinski definition) is 2. The summed E-state index contributed by atoms with van der Waals surface area (Å²) in [5.74, 6) is 0.598. The largest absolute Gasteiger partial charge is 0.387 e. The van der Waals surface area contributed by atoms with Gasteiger partial charge in [-0.05, 0) is 42.7 Å². The minimum atomic E-state index is -0.889. The van der Waals surface area contributed by atoms with Gasteiger partial charge in [0.1, 0.15) is 6.10 Å². The van der Waals surface area contributed by atoms with E-state index in [2.05, 4.69) is 6.07 Å². The molecule has 0 radical (unpaired) electrons. The quantitative estimate of drug-likeness (QED) is 0.859. The van der Waals surface area contributed by atoms with Crippen LogP contribution in [0.4, 0.5) is 0 Å². The molecule has 2 heteroatoms. The topological polar surface area (TPSA) is 40.5 Å². The summed E-state index contributed by atoms with van der Waals surface area (Å²) in [6, 6.07) is 8.14. The Hall–Kier alpha value is -0.860. The van der Waals surface area contributed by atoms with Gasteiger partial charge in [0.05, 0.1) is 5.60 Å². The molecule has 0 amide bonds. The van der Waals surface area contributed by atoms with E-state index in [-0.39, 0.29) is 0 Å². The fourth-order valence-corrected chi connectivity index (χ4v) is 3.40. The maximum absolute atomic E-state index is 10.6. The minimum Gasteiger partial charge on any atom is -0.387 e. The first-order valence-electron chi connectivity index (χ1n) is 7.20. The lowest BCUT2D eigenvalue weighted by molar-refractivity contribution is -0.0725. The molecule has 2 aliphatic rings. The van der Waals surface area contributed by atoms with Crippen molar-refractivity contribution in [3.63, 3.8) is 0 Å². The van der Waals surface area contributed by atoms with Gasteiger partial charge in [-0.25, -0.2) is 0 Å². The van der Waals surface area contributed by atoms with E-state index < -0.39 is 11.7 Å². The lowest BCUT2D eigenvalue weighted by atomic mass is 9.75. The molecule has 1 aromatic carbocycles. The van der Waals surface area contributed by atoms with Crippen LogP contribution in [0.3, 0.4) is 0 Å². The molecule has 3 rings (SSSR count). The highest BCUT2D eigenvalue weighted by molar-refractivity contribution is 5.35. The number of benzene rings is 1. The molecule has 1 aromatic rings. The highest BCUT2D eigenvalue weighted by Crippen LogP contribution is 2.45. The van der Waals surface area contributed by atoms with Crippen LogP contribution in [0.2, 0.25) is 0 Å². The Morgan fingerprint density at radius 1 is 1.06 bits per heavy atom. The lowest BCUT2D eigenvalue weighted by Crippen LogP contribution is -2.34. The van der Waals surface area contributed by atoms with Gasteiger partial charge in [0.15, 0.2) is 0 Å². The van der Waals surface area contributed by atoms with Gasteiger partial charge < -0.3 is 10.2 Å². The molecular formula is C16H22O2. The molecule has 1 atom stereocenters. The molecule has 0 bridgehead atoms. The van der Waals surface area contributed by atoms with Gasteiger partial charge in [0, 0.05) is 0 Å². The molecule has 1 unspecified atom stereocenters. The molecule has 0 spiro atoms. The summed E-state index contributed by atoms with van der Waals surface area (Å²) in [6.07, 6.45) is 6.54. The van der Waals surface area contributed by atoms with E-state index in [9.17, 15) is 10.2 Å². The Labute approximate surface area is 109 Å². The monoisotopic (exact) mass is 246 g/mol. The molecular weight excluding hydrogens is 224 g/mol. The van der Waals surface area contributed by atoms with E-state index in [1.165, 1.54) is 24.8 Å². The van der Waals surface area contributed by atoms with E-state index in [0.717, 1.165) is 31.2 Å². The molecule has 2 N–H and O–H groups in total. The smallest absolute Gasteiger partial charge is 0.108 e. The van der Waals surface area contributed by atoms with E-state index in [1.54, 1.807) is 0 Å². The molecule has 0 aromatic heterocycles. The first-order chi connectivity index (χ1) is 8.71. The highest BCUT2D eigenvalue weighted by Gasteiger charge is 2.40. The first-order valence-corrected chi connectivity index (χ1v) is 7.20. The van der Waals surface area contributed by atoms with Gasteiger partial charge in [-0.3, -0.25) is 0 Å². The lowest BCUT2D eigenvalue weighted by Gasteiger charge is -2.34. The second kappa shape index (κ2) is 4.67. The van der Waals surface area contributed by atoms with Crippen LogP contribution < -0.4 is 0 Å². The summed E-state index contributed by atoms with van der Waals surface area (Å²) >= 11 is 0. The Morgan fingerprint density at radius 2 is 1.72 bits per heavy atom. The predicted molar refractivity (Wildman–Crippen MR) is 71.4 cm³/mol. The number of aliphatic hydroxyl groups excluding tert-OH is 1. The van der Waals surface area contributed by atoms with E-state index in [0.29, 0.717) is 5.92 Å². The standard InChI is InChI=1S/C16H22O2/c17-15(16(18)10-3-4-11-16)14-9-2-1-8-13(14)12-6-5-7-12/h1-2,8-9,12,15,17-18H,3-7,10-11H2. The summed E-state index contributed by atoms with van der Waals surface area (Å²) in [7, 11) is 0. The van der Waals surface area contributed by atoms with Gasteiger partial charge in [-0.2, -0.15) is 0 Å². The van der Waals surface area contributed by atoms with Crippen molar-refractivity contribution in [1.29, 1.82) is 0 Å². The van der Waals surface area contributed by atoms with Crippen LogP contribution in [0.1, 0.15) is 68.1 Å². The number of hydrogen-bond acceptors (Lipinski definition) is 2. The first kappa shape index (κ1) is 12.2. The summed E-state index contributed by atoms with van der Waals surface area (Å²) in [6.45, 7) is 0. The third-order valence-corrected chi connectivity index (χ3v) is 4.81. The van der Waals surface area contributed by atoms with Gasteiger partial charge >= 0.3 is 0 Å². The van der Waals surface area contributed by atoms with Crippen molar-refractivity contribution in [2.24, 2.45) is 0 Å². The van der Waals surface area contributed by atoms with Crippen LogP contribution in [-0.4, -0.2) is 15.8 Å². The van der Waals surface area contributed by atoms with Crippen LogP contribution in [0.5, 0.6) is 0 Å². The van der Waals surface area contributed by atoms with Gasteiger partial charge in [0.2, 0.25) is 0 Å². The molecule has 0 heterocycles. The summed E-state index contributed by atoms with van der Waals surface area (Å²) in [5, 5.41) is 21.1. The zero-order valence-electron chi connectivity index (χ0n) is 10.8. The fraction of sp³-hybridized carbons (Fsp3) is 0.625. The van der Waals surface area contributed by atoms with E-state index in [1.807, 2.05) is 18.2 Å². The average Bonchev–Trinajstić information content (AvgIpc) is 2.75. The average molecular weight is 246 g/mol. The van der Waals surface area contributed by atoms with Crippen molar-refractivity contribution in [2.45, 2.75) is 62.6 Å². The molecule has 18 heavy (non-hydrogen) atoms. The Bertz CT molecular complexity index is 417. The van der Waals surface area contributed by atoms with Crippen molar-refractivity contribution < 1.29 is 10.2 Å². The summed E-state index contributed by atoms with van der Waals surface area (Å²) in [5.41, 5.74) is 1.34. The van der Waals surface area contributed by atoms with Crippen LogP contribution in [0.25, 0.3) is 0 Å². The number of rotatable bonds is 3. The summed E-state index contributed by atoms with van der Waals surface area (Å²) in [4.78, 5) is 0. The molecule has 0 aliphatic heterocycles. The van der Waals surface area contributed by atoms with Gasteiger partial charge in [0.25, 0.3) is 0 Å². The van der Waals surface area contributed by atoms with Crippen LogP contribution in [0.15, 0.2) is 24.3 Å². The maximum Gasteiger partial charge on any atom is 0.108 e. The molecule has 2 nitrogen and oxygen atoms in total. The van der Waals surface area contributed by atoms with E-state index in [4.69, 9.17) is 0 Å². The molecule has 2 fully saturated rings. The second-order valence-electron chi connectivity index (χ2n) is 5.97. The van der Waals surface area contributed by atoms with Crippen LogP contribution >= 0.6 is 0 Å². The predicted octanol–water partition coefficient (Wildman–Crippen LogP) is 3.29. The highest BCUT2D eigenvalue weighted by atomic mass is 16.3.